The molecule has 5 nitrogen and oxygen atoms in total. The van der Waals surface area contributed by atoms with E-state index in [1.165, 1.54) is 12.8 Å². The second kappa shape index (κ2) is 8.45. The van der Waals surface area contributed by atoms with Gasteiger partial charge in [0.1, 0.15) is 29.3 Å². The van der Waals surface area contributed by atoms with E-state index in [0.717, 1.165) is 47.0 Å². The summed E-state index contributed by atoms with van der Waals surface area (Å²) in [6.07, 6.45) is 10.3. The number of fused-ring (bicyclic) bond motifs is 1. The van der Waals surface area contributed by atoms with E-state index >= 15 is 0 Å². The SMILES string of the molecule is CSCC[S+]([O-])CC1CCC(N(C)c2ncnc3[nH]ccc23)CC1. The van der Waals surface area contributed by atoms with Crippen LogP contribution in [0.15, 0.2) is 18.6 Å². The Kier molecular flexibility index (Phi) is 6.30. The minimum absolute atomic E-state index is 0.508. The summed E-state index contributed by atoms with van der Waals surface area (Å²) in [6, 6.07) is 2.55. The van der Waals surface area contributed by atoms with E-state index in [0.29, 0.717) is 12.0 Å². The zero-order valence-corrected chi connectivity index (χ0v) is 16.0. The standard InChI is InChI=1S/C17H26N4OS2/c1-21(17-15-7-8-18-16(15)19-12-20-17)14-5-3-13(4-6-14)11-24(22)10-9-23-2/h7-8,12-14H,3-6,9-11H2,1-2H3,(H,18,19,20). The normalized spacial score (nSPS) is 22.6. The van der Waals surface area contributed by atoms with Gasteiger partial charge < -0.3 is 14.4 Å². The predicted molar refractivity (Wildman–Crippen MR) is 104 cm³/mol. The number of H-pyrrole nitrogens is 1. The summed E-state index contributed by atoms with van der Waals surface area (Å²) >= 11 is 1.13. The van der Waals surface area contributed by atoms with Crippen LogP contribution in [-0.2, 0) is 11.2 Å². The van der Waals surface area contributed by atoms with Crippen molar-refractivity contribution >= 4 is 39.8 Å². The third-order valence-corrected chi connectivity index (χ3v) is 7.34. The molecule has 0 radical (unpaired) electrons. The van der Waals surface area contributed by atoms with Gasteiger partial charge in [-0.15, -0.1) is 0 Å². The number of aromatic nitrogens is 3. The molecule has 1 N–H and O–H groups in total. The van der Waals surface area contributed by atoms with Gasteiger partial charge in [0, 0.05) is 31.0 Å². The van der Waals surface area contributed by atoms with Crippen LogP contribution in [0.2, 0.25) is 0 Å². The fourth-order valence-corrected chi connectivity index (χ4v) is 5.97. The van der Waals surface area contributed by atoms with Gasteiger partial charge in [-0.1, -0.05) is 11.2 Å². The van der Waals surface area contributed by atoms with Gasteiger partial charge in [0.25, 0.3) is 0 Å². The Morgan fingerprint density at radius 3 is 2.88 bits per heavy atom. The van der Waals surface area contributed by atoms with Crippen LogP contribution in [0, 0.1) is 5.92 Å². The van der Waals surface area contributed by atoms with Crippen LogP contribution >= 0.6 is 11.8 Å². The number of nitrogens with zero attached hydrogens (tertiary/aromatic N) is 3. The topological polar surface area (TPSA) is 67.9 Å². The Balaban J connectivity index is 1.55. The number of hydrogen-bond donors (Lipinski definition) is 1. The smallest absolute Gasteiger partial charge is 0.142 e. The Morgan fingerprint density at radius 2 is 2.12 bits per heavy atom. The Morgan fingerprint density at radius 1 is 1.33 bits per heavy atom. The van der Waals surface area contributed by atoms with Crippen LogP contribution in [0.1, 0.15) is 25.7 Å². The van der Waals surface area contributed by atoms with E-state index in [1.54, 1.807) is 18.1 Å². The van der Waals surface area contributed by atoms with Gasteiger partial charge in [-0.05, 0) is 38.0 Å². The largest absolute Gasteiger partial charge is 0.616 e. The lowest BCUT2D eigenvalue weighted by Crippen LogP contribution is -2.37. The lowest BCUT2D eigenvalue weighted by Gasteiger charge is -2.35. The van der Waals surface area contributed by atoms with Crippen LogP contribution in [0.4, 0.5) is 5.82 Å². The molecule has 1 aliphatic rings. The molecule has 0 aliphatic heterocycles. The first-order valence-electron chi connectivity index (χ1n) is 8.54. The highest BCUT2D eigenvalue weighted by atomic mass is 32.2. The van der Waals surface area contributed by atoms with Crippen LogP contribution in [0.5, 0.6) is 0 Å². The first kappa shape index (κ1) is 17.9. The highest BCUT2D eigenvalue weighted by molar-refractivity contribution is 8.00. The van der Waals surface area contributed by atoms with Crippen molar-refractivity contribution in [2.24, 2.45) is 5.92 Å². The van der Waals surface area contributed by atoms with E-state index in [-0.39, 0.29) is 0 Å². The molecule has 1 aliphatic carbocycles. The van der Waals surface area contributed by atoms with E-state index in [1.807, 2.05) is 12.3 Å². The maximum atomic E-state index is 12.1. The lowest BCUT2D eigenvalue weighted by atomic mass is 9.86. The highest BCUT2D eigenvalue weighted by Gasteiger charge is 2.28. The molecule has 24 heavy (non-hydrogen) atoms. The Bertz CT molecular complexity index is 642. The monoisotopic (exact) mass is 366 g/mol. The van der Waals surface area contributed by atoms with Crippen molar-refractivity contribution in [3.63, 3.8) is 0 Å². The maximum Gasteiger partial charge on any atom is 0.142 e. The second-order valence-corrected chi connectivity index (χ2v) is 9.13. The lowest BCUT2D eigenvalue weighted by molar-refractivity contribution is 0.341. The van der Waals surface area contributed by atoms with Crippen molar-refractivity contribution in [1.82, 2.24) is 15.0 Å². The molecule has 0 aromatic carbocycles. The molecule has 1 atom stereocenters. The fourth-order valence-electron chi connectivity index (χ4n) is 3.53. The van der Waals surface area contributed by atoms with Gasteiger partial charge in [0.2, 0.25) is 0 Å². The summed E-state index contributed by atoms with van der Waals surface area (Å²) in [7, 11) is 2.14. The summed E-state index contributed by atoms with van der Waals surface area (Å²) in [5, 5.41) is 1.08. The predicted octanol–water partition coefficient (Wildman–Crippen LogP) is 3.06. The summed E-state index contributed by atoms with van der Waals surface area (Å²) in [5.41, 5.74) is 0.893. The average Bonchev–Trinajstić information content (AvgIpc) is 3.08. The minimum atomic E-state index is -0.648. The molecule has 0 saturated heterocycles. The van der Waals surface area contributed by atoms with Crippen molar-refractivity contribution in [3.8, 4) is 0 Å². The molecular weight excluding hydrogens is 340 g/mol. The van der Waals surface area contributed by atoms with Crippen LogP contribution in [-0.4, -0.2) is 56.1 Å². The maximum absolute atomic E-state index is 12.1. The van der Waals surface area contributed by atoms with Gasteiger partial charge in [-0.3, -0.25) is 0 Å². The molecule has 1 fully saturated rings. The van der Waals surface area contributed by atoms with Crippen molar-refractivity contribution in [2.75, 3.05) is 35.5 Å². The van der Waals surface area contributed by atoms with Crippen LogP contribution in [0.25, 0.3) is 11.0 Å². The summed E-state index contributed by atoms with van der Waals surface area (Å²) in [5.74, 6) is 4.36. The molecule has 2 heterocycles. The molecule has 2 aromatic rings. The summed E-state index contributed by atoms with van der Waals surface area (Å²) in [6.45, 7) is 0. The second-order valence-electron chi connectivity index (χ2n) is 6.53. The van der Waals surface area contributed by atoms with Crippen molar-refractivity contribution < 1.29 is 4.55 Å². The van der Waals surface area contributed by atoms with Crippen molar-refractivity contribution in [1.29, 1.82) is 0 Å². The Labute approximate surface area is 151 Å². The minimum Gasteiger partial charge on any atom is -0.616 e. The molecule has 7 heteroatoms. The van der Waals surface area contributed by atoms with Gasteiger partial charge in [-0.2, -0.15) is 11.8 Å². The molecular formula is C17H26N4OS2. The molecule has 2 aromatic heterocycles. The van der Waals surface area contributed by atoms with Gasteiger partial charge in [-0.25, -0.2) is 9.97 Å². The average molecular weight is 367 g/mol. The number of nitrogens with one attached hydrogen (secondary N) is 1. The zero-order chi connectivity index (χ0) is 16.9. The first-order chi connectivity index (χ1) is 11.7. The number of rotatable bonds is 7. The molecule has 0 amide bonds. The number of aromatic amines is 1. The van der Waals surface area contributed by atoms with Crippen LogP contribution in [0.3, 0.4) is 0 Å². The molecule has 132 valence electrons. The van der Waals surface area contributed by atoms with Gasteiger partial charge in [0.15, 0.2) is 0 Å². The quantitative estimate of drug-likeness (QED) is 0.763. The third-order valence-electron chi connectivity index (χ3n) is 4.97. The molecule has 1 saturated carbocycles. The third kappa shape index (κ3) is 4.18. The van der Waals surface area contributed by atoms with Crippen LogP contribution < -0.4 is 4.90 Å². The van der Waals surface area contributed by atoms with Gasteiger partial charge in [0.05, 0.1) is 5.39 Å². The first-order valence-corrected chi connectivity index (χ1v) is 11.4. The summed E-state index contributed by atoms with van der Waals surface area (Å²) in [4.78, 5) is 14.2. The van der Waals surface area contributed by atoms with E-state index in [2.05, 4.69) is 33.2 Å². The number of hydrogen-bond acceptors (Lipinski definition) is 5. The van der Waals surface area contributed by atoms with E-state index in [9.17, 15) is 4.55 Å². The van der Waals surface area contributed by atoms with E-state index in [4.69, 9.17) is 0 Å². The molecule has 3 rings (SSSR count). The van der Waals surface area contributed by atoms with Crippen molar-refractivity contribution in [2.45, 2.75) is 31.7 Å². The number of anilines is 1. The highest BCUT2D eigenvalue weighted by Crippen LogP contribution is 2.32. The zero-order valence-electron chi connectivity index (χ0n) is 14.4. The summed E-state index contributed by atoms with van der Waals surface area (Å²) < 4.78 is 12.1. The van der Waals surface area contributed by atoms with Gasteiger partial charge >= 0.3 is 0 Å². The molecule has 0 bridgehead atoms. The Hall–Kier alpha value is -0.920. The van der Waals surface area contributed by atoms with E-state index < -0.39 is 11.2 Å². The number of thioether (sulfide) groups is 1. The van der Waals surface area contributed by atoms with Crippen molar-refractivity contribution in [3.05, 3.63) is 18.6 Å². The molecule has 1 unspecified atom stereocenters. The fraction of sp³-hybridized carbons (Fsp3) is 0.647. The molecule has 0 spiro atoms.